The molecule has 1 saturated carbocycles. The van der Waals surface area contributed by atoms with Crippen molar-refractivity contribution in [2.75, 3.05) is 0 Å². The zero-order chi connectivity index (χ0) is 18.2. The standard InChI is InChI=1S/C7H15O13P3/c1-2-3-5(18-21(9,10)11)4(8)7(20-23(15,16)17)6(3)19-22(12,13)14/h2-8H,1H2,(H2,9,10,11)(H2,12,13,14)(H2,15,16,17)/t3-,4-,5+,6+,7+/m0/s1. The lowest BCUT2D eigenvalue weighted by Crippen LogP contribution is -2.35. The van der Waals surface area contributed by atoms with Gasteiger partial charge in [-0.2, -0.15) is 0 Å². The third-order valence-electron chi connectivity index (χ3n) is 2.80. The first-order valence-electron chi connectivity index (χ1n) is 5.67. The molecule has 16 heteroatoms. The van der Waals surface area contributed by atoms with Crippen LogP contribution in [-0.2, 0) is 27.3 Å². The van der Waals surface area contributed by atoms with E-state index in [1.54, 1.807) is 0 Å². The van der Waals surface area contributed by atoms with Gasteiger partial charge in [-0.25, -0.2) is 13.7 Å². The van der Waals surface area contributed by atoms with E-state index in [2.05, 4.69) is 20.2 Å². The molecule has 0 unspecified atom stereocenters. The molecule has 5 atom stereocenters. The molecule has 0 bridgehead atoms. The van der Waals surface area contributed by atoms with Crippen molar-refractivity contribution < 1.29 is 61.7 Å². The van der Waals surface area contributed by atoms with Crippen molar-refractivity contribution in [3.63, 3.8) is 0 Å². The van der Waals surface area contributed by atoms with Gasteiger partial charge in [-0.3, -0.25) is 13.6 Å². The van der Waals surface area contributed by atoms with Gasteiger partial charge in [0.05, 0.1) is 0 Å². The first-order valence-corrected chi connectivity index (χ1v) is 10.3. The molecule has 136 valence electrons. The fourth-order valence-electron chi connectivity index (χ4n) is 2.14. The van der Waals surface area contributed by atoms with Crippen LogP contribution in [0.25, 0.3) is 0 Å². The van der Waals surface area contributed by atoms with E-state index in [4.69, 9.17) is 29.4 Å². The van der Waals surface area contributed by atoms with Crippen LogP contribution < -0.4 is 0 Å². The molecule has 13 nitrogen and oxygen atoms in total. The molecule has 1 rings (SSSR count). The maximum atomic E-state index is 11.0. The van der Waals surface area contributed by atoms with E-state index in [9.17, 15) is 18.8 Å². The summed E-state index contributed by atoms with van der Waals surface area (Å²) in [4.78, 5) is 52.9. The average Bonchev–Trinajstić information content (AvgIpc) is 2.48. The van der Waals surface area contributed by atoms with Crippen molar-refractivity contribution in [1.82, 2.24) is 0 Å². The lowest BCUT2D eigenvalue weighted by molar-refractivity contribution is -0.0382. The second kappa shape index (κ2) is 7.11. The molecule has 0 aromatic heterocycles. The van der Waals surface area contributed by atoms with E-state index < -0.39 is 53.8 Å². The smallest absolute Gasteiger partial charge is 0.388 e. The van der Waals surface area contributed by atoms with Gasteiger partial charge < -0.3 is 34.5 Å². The van der Waals surface area contributed by atoms with Crippen LogP contribution in [0.2, 0.25) is 0 Å². The van der Waals surface area contributed by atoms with Crippen LogP contribution in [0.1, 0.15) is 0 Å². The molecular formula is C7H15O13P3. The summed E-state index contributed by atoms with van der Waals surface area (Å²) in [6.07, 6.45) is -7.00. The summed E-state index contributed by atoms with van der Waals surface area (Å²) < 4.78 is 45.6. The van der Waals surface area contributed by atoms with Gasteiger partial charge >= 0.3 is 23.5 Å². The normalized spacial score (nSPS) is 32.9. The Morgan fingerprint density at radius 2 is 1.09 bits per heavy atom. The molecule has 0 amide bonds. The van der Waals surface area contributed by atoms with Gasteiger partial charge in [0, 0.05) is 5.92 Å². The Balaban J connectivity index is 3.23. The maximum Gasteiger partial charge on any atom is 0.470 e. The molecule has 0 radical (unpaired) electrons. The first-order chi connectivity index (χ1) is 10.1. The summed E-state index contributed by atoms with van der Waals surface area (Å²) in [7, 11) is -15.6. The summed E-state index contributed by atoms with van der Waals surface area (Å²) in [5.41, 5.74) is 0. The van der Waals surface area contributed by atoms with Gasteiger partial charge in [0.25, 0.3) is 0 Å². The minimum absolute atomic E-state index is 0.882. The van der Waals surface area contributed by atoms with Crippen LogP contribution in [0, 0.1) is 5.92 Å². The van der Waals surface area contributed by atoms with Crippen LogP contribution in [0.4, 0.5) is 0 Å². The van der Waals surface area contributed by atoms with Crippen LogP contribution in [-0.4, -0.2) is 58.9 Å². The minimum atomic E-state index is -5.25. The van der Waals surface area contributed by atoms with E-state index in [0.717, 1.165) is 6.08 Å². The average molecular weight is 400 g/mol. The van der Waals surface area contributed by atoms with E-state index in [0.29, 0.717) is 0 Å². The second-order valence-corrected chi connectivity index (χ2v) is 8.06. The van der Waals surface area contributed by atoms with Gasteiger partial charge in [0.15, 0.2) is 0 Å². The monoisotopic (exact) mass is 400 g/mol. The molecule has 0 spiro atoms. The lowest BCUT2D eigenvalue weighted by Gasteiger charge is -2.24. The van der Waals surface area contributed by atoms with Crippen LogP contribution >= 0.6 is 23.5 Å². The summed E-state index contributed by atoms with van der Waals surface area (Å²) in [6.45, 7) is 3.24. The van der Waals surface area contributed by atoms with Gasteiger partial charge in [-0.15, -0.1) is 6.58 Å². The Labute approximate surface area is 129 Å². The van der Waals surface area contributed by atoms with Gasteiger partial charge in [0.1, 0.15) is 24.4 Å². The van der Waals surface area contributed by atoms with Crippen molar-refractivity contribution >= 4 is 23.5 Å². The van der Waals surface area contributed by atoms with Crippen LogP contribution in [0.5, 0.6) is 0 Å². The Hall–Kier alpha value is 0.0300. The highest BCUT2D eigenvalue weighted by molar-refractivity contribution is 7.46. The van der Waals surface area contributed by atoms with E-state index >= 15 is 0 Å². The Bertz CT molecular complexity index is 572. The van der Waals surface area contributed by atoms with Crippen molar-refractivity contribution in [1.29, 1.82) is 0 Å². The van der Waals surface area contributed by atoms with Crippen molar-refractivity contribution in [3.05, 3.63) is 12.7 Å². The summed E-state index contributed by atoms with van der Waals surface area (Å²) in [6, 6.07) is 0. The Morgan fingerprint density at radius 3 is 1.43 bits per heavy atom. The summed E-state index contributed by atoms with van der Waals surface area (Å²) in [5, 5.41) is 9.93. The van der Waals surface area contributed by atoms with Gasteiger partial charge in [-0.1, -0.05) is 6.08 Å². The molecule has 0 heterocycles. The molecule has 23 heavy (non-hydrogen) atoms. The molecule has 1 aliphatic rings. The number of phosphoric ester groups is 3. The minimum Gasteiger partial charge on any atom is -0.388 e. The number of hydrogen-bond donors (Lipinski definition) is 7. The quantitative estimate of drug-likeness (QED) is 0.193. The highest BCUT2D eigenvalue weighted by atomic mass is 31.2. The van der Waals surface area contributed by atoms with Crippen molar-refractivity contribution in [2.24, 2.45) is 5.92 Å². The fraction of sp³-hybridized carbons (Fsp3) is 0.714. The van der Waals surface area contributed by atoms with E-state index in [-0.39, 0.29) is 0 Å². The molecule has 1 aliphatic carbocycles. The molecule has 0 aromatic carbocycles. The second-order valence-electron chi connectivity index (χ2n) is 4.49. The van der Waals surface area contributed by atoms with Gasteiger partial charge in [-0.05, 0) is 0 Å². The Kier molecular flexibility index (Phi) is 6.51. The SMILES string of the molecule is C=C[C@@H]1[C@@H](OP(=O)(O)O)[C@H](OP(=O)(O)O)[C@@H](O)[C@@H]1OP(=O)(O)O. The zero-order valence-corrected chi connectivity index (χ0v) is 13.8. The number of aliphatic hydroxyl groups is 1. The Morgan fingerprint density at radius 1 is 0.739 bits per heavy atom. The molecule has 1 fully saturated rings. The van der Waals surface area contributed by atoms with Crippen LogP contribution in [0.15, 0.2) is 12.7 Å². The lowest BCUT2D eigenvalue weighted by atomic mass is 10.0. The first kappa shape index (κ1) is 21.1. The van der Waals surface area contributed by atoms with E-state index in [1.807, 2.05) is 0 Å². The van der Waals surface area contributed by atoms with Crippen molar-refractivity contribution in [3.8, 4) is 0 Å². The molecule has 7 N–H and O–H groups in total. The molecule has 0 aromatic rings. The van der Waals surface area contributed by atoms with E-state index in [1.165, 1.54) is 0 Å². The molecule has 0 aliphatic heterocycles. The predicted molar refractivity (Wildman–Crippen MR) is 70.4 cm³/mol. The van der Waals surface area contributed by atoms with Crippen molar-refractivity contribution in [2.45, 2.75) is 24.4 Å². The third-order valence-corrected chi connectivity index (χ3v) is 4.36. The topological polar surface area (TPSA) is 221 Å². The summed E-state index contributed by atoms with van der Waals surface area (Å²) in [5.74, 6) is -1.46. The largest absolute Gasteiger partial charge is 0.470 e. The number of phosphoric acid groups is 3. The molecule has 0 saturated heterocycles. The zero-order valence-electron chi connectivity index (χ0n) is 11.1. The highest BCUT2D eigenvalue weighted by Gasteiger charge is 2.56. The maximum absolute atomic E-state index is 11.0. The number of aliphatic hydroxyl groups excluding tert-OH is 1. The predicted octanol–water partition coefficient (Wildman–Crippen LogP) is -1.40. The molecular weight excluding hydrogens is 385 g/mol. The fourth-order valence-corrected chi connectivity index (χ4v) is 3.87. The van der Waals surface area contributed by atoms with Gasteiger partial charge in [0.2, 0.25) is 0 Å². The summed E-state index contributed by atoms with van der Waals surface area (Å²) >= 11 is 0. The number of hydrogen-bond acceptors (Lipinski definition) is 7. The third kappa shape index (κ3) is 6.45. The van der Waals surface area contributed by atoms with Crippen LogP contribution in [0.3, 0.4) is 0 Å². The number of rotatable bonds is 7. The highest BCUT2D eigenvalue weighted by Crippen LogP contribution is 2.52.